The molecule has 0 aromatic carbocycles. The van der Waals surface area contributed by atoms with Gasteiger partial charge in [0.2, 0.25) is 0 Å². The predicted molar refractivity (Wildman–Crippen MR) is 55.0 cm³/mol. The molecule has 0 aliphatic rings. The Morgan fingerprint density at radius 2 is 1.00 bits per heavy atom. The van der Waals surface area contributed by atoms with Crippen LogP contribution in [0.1, 0.15) is 0 Å². The molecular formula is C2H2Br4Cl2. The molecule has 0 heterocycles. The fraction of sp³-hybridized carbons (Fsp3) is 1.00. The van der Waals surface area contributed by atoms with Crippen molar-refractivity contribution in [2.24, 2.45) is 0 Å². The Morgan fingerprint density at radius 3 is 1.00 bits per heavy atom. The molecule has 0 rings (SSSR count). The third-order valence-corrected chi connectivity index (χ3v) is 0. The largest absolute Gasteiger partial charge is 0.189 e. The van der Waals surface area contributed by atoms with Crippen molar-refractivity contribution in [2.75, 3.05) is 5.34 Å². The standard InChI is InChI=1S/CBr4.CH2Cl2/c2-1(3,4)5;2-1-3/h;1H2. The maximum Gasteiger partial charge on any atom is 0.189 e. The van der Waals surface area contributed by atoms with E-state index in [0.717, 1.165) is 0 Å². The molecule has 0 fully saturated rings. The van der Waals surface area contributed by atoms with Crippen LogP contribution in [0.2, 0.25) is 0 Å². The lowest BCUT2D eigenvalue weighted by Crippen LogP contribution is -1.75. The van der Waals surface area contributed by atoms with Crippen molar-refractivity contribution in [2.45, 2.75) is 1.05 Å². The van der Waals surface area contributed by atoms with Crippen LogP contribution in [0.15, 0.2) is 0 Å². The van der Waals surface area contributed by atoms with E-state index < -0.39 is 0 Å². The van der Waals surface area contributed by atoms with E-state index in [9.17, 15) is 0 Å². The zero-order valence-corrected chi connectivity index (χ0v) is 11.3. The van der Waals surface area contributed by atoms with Crippen LogP contribution in [-0.2, 0) is 0 Å². The lowest BCUT2D eigenvalue weighted by atomic mass is 11.9. The van der Waals surface area contributed by atoms with Crippen molar-refractivity contribution in [3.63, 3.8) is 0 Å². The van der Waals surface area contributed by atoms with E-state index in [2.05, 4.69) is 63.7 Å². The van der Waals surface area contributed by atoms with Crippen molar-refractivity contribution in [1.82, 2.24) is 0 Å². The van der Waals surface area contributed by atoms with E-state index in [1.807, 2.05) is 0 Å². The second kappa shape index (κ2) is 7.61. The van der Waals surface area contributed by atoms with Crippen LogP contribution in [0.5, 0.6) is 0 Å². The molecule has 6 heteroatoms. The van der Waals surface area contributed by atoms with E-state index in [0.29, 0.717) is 0 Å². The zero-order valence-electron chi connectivity index (χ0n) is 3.47. The van der Waals surface area contributed by atoms with Gasteiger partial charge in [0.1, 0.15) is 0 Å². The summed E-state index contributed by atoms with van der Waals surface area (Å²) in [5, 5.41) is 0.194. The molecule has 0 unspecified atom stereocenters. The van der Waals surface area contributed by atoms with Crippen LogP contribution in [0.25, 0.3) is 0 Å². The van der Waals surface area contributed by atoms with Crippen LogP contribution in [0.3, 0.4) is 0 Å². The molecule has 0 aliphatic heterocycles. The van der Waals surface area contributed by atoms with Gasteiger partial charge in [0, 0.05) is 0 Å². The van der Waals surface area contributed by atoms with Gasteiger partial charge in [-0.2, -0.15) is 0 Å². The Kier molecular flexibility index (Phi) is 12.5. The Morgan fingerprint density at radius 1 is 1.00 bits per heavy atom. The van der Waals surface area contributed by atoms with Crippen LogP contribution in [-0.4, -0.2) is 6.39 Å². The van der Waals surface area contributed by atoms with E-state index in [1.54, 1.807) is 0 Å². The zero-order chi connectivity index (χ0) is 7.21. The highest BCUT2D eigenvalue weighted by Gasteiger charge is 2.08. The Bertz CT molecular complexity index is 35.8. The van der Waals surface area contributed by atoms with Crippen LogP contribution in [0, 0.1) is 0 Å². The summed E-state index contributed by atoms with van der Waals surface area (Å²) in [5.74, 6) is 0. The number of alkyl halides is 6. The molecule has 0 radical (unpaired) electrons. The van der Waals surface area contributed by atoms with Crippen molar-refractivity contribution >= 4 is 86.9 Å². The van der Waals surface area contributed by atoms with Crippen molar-refractivity contribution in [3.8, 4) is 0 Å². The van der Waals surface area contributed by atoms with E-state index in [1.165, 1.54) is 0 Å². The molecule has 0 nitrogen and oxygen atoms in total. The summed E-state index contributed by atoms with van der Waals surface area (Å²) < 4.78 is -0.250. The maximum atomic E-state index is 4.76. The SMILES string of the molecule is BrC(Br)(Br)Br.ClCCl. The predicted octanol–water partition coefficient (Wildman–Crippen LogP) is 4.60. The van der Waals surface area contributed by atoms with Crippen molar-refractivity contribution in [1.29, 1.82) is 0 Å². The summed E-state index contributed by atoms with van der Waals surface area (Å²) in [6.45, 7) is 0. The minimum atomic E-state index is -0.250. The van der Waals surface area contributed by atoms with Gasteiger partial charge in [-0.3, -0.25) is 0 Å². The Labute approximate surface area is 92.2 Å². The summed E-state index contributed by atoms with van der Waals surface area (Å²) in [5.41, 5.74) is 0. The normalized spacial score (nSPS) is 9.75. The average Bonchev–Trinajstić information content (AvgIpc) is 1.27. The molecule has 0 saturated heterocycles. The number of hydrogen-bond donors (Lipinski definition) is 0. The quantitative estimate of drug-likeness (QED) is 0.507. The molecule has 0 aromatic heterocycles. The van der Waals surface area contributed by atoms with E-state index in [-0.39, 0.29) is 6.39 Å². The lowest BCUT2D eigenvalue weighted by molar-refractivity contribution is 2.14. The van der Waals surface area contributed by atoms with Crippen LogP contribution in [0.4, 0.5) is 0 Å². The van der Waals surface area contributed by atoms with E-state index in [4.69, 9.17) is 23.2 Å². The first-order valence-corrected chi connectivity index (χ1v) is 5.53. The summed E-state index contributed by atoms with van der Waals surface area (Å²) in [4.78, 5) is 0. The van der Waals surface area contributed by atoms with Gasteiger partial charge in [-0.1, -0.05) is 0 Å². The smallest absolute Gasteiger partial charge is 0.109 e. The third kappa shape index (κ3) is 76.5. The highest BCUT2D eigenvalue weighted by Crippen LogP contribution is 2.39. The second-order valence-corrected chi connectivity index (χ2v) is 12.5. The Hall–Kier alpha value is 2.50. The van der Waals surface area contributed by atoms with Gasteiger partial charge in [0.15, 0.2) is 1.05 Å². The molecule has 0 aliphatic carbocycles. The highest BCUT2D eigenvalue weighted by atomic mass is 80.0. The molecule has 8 heavy (non-hydrogen) atoms. The maximum absolute atomic E-state index is 4.76. The van der Waals surface area contributed by atoms with E-state index >= 15 is 0 Å². The first kappa shape index (κ1) is 13.1. The highest BCUT2D eigenvalue weighted by molar-refractivity contribution is 9.52. The molecule has 0 amide bonds. The molecule has 0 atom stereocenters. The molecule has 0 saturated carbocycles. The summed E-state index contributed by atoms with van der Waals surface area (Å²) >= 11 is 22.0. The minimum absolute atomic E-state index is 0.194. The monoisotopic (exact) mass is 412 g/mol. The first-order valence-electron chi connectivity index (χ1n) is 1.29. The molecule has 0 aromatic rings. The van der Waals surface area contributed by atoms with Gasteiger partial charge in [-0.05, 0) is 63.7 Å². The Balaban J connectivity index is 0. The lowest BCUT2D eigenvalue weighted by Gasteiger charge is -1.93. The van der Waals surface area contributed by atoms with Crippen LogP contribution < -0.4 is 0 Å². The summed E-state index contributed by atoms with van der Waals surface area (Å²) in [7, 11) is 0. The third-order valence-electron chi connectivity index (χ3n) is 0. The van der Waals surface area contributed by atoms with Crippen molar-refractivity contribution < 1.29 is 0 Å². The van der Waals surface area contributed by atoms with Gasteiger partial charge in [0.05, 0.1) is 5.34 Å². The van der Waals surface area contributed by atoms with Gasteiger partial charge in [0.25, 0.3) is 0 Å². The average molecular weight is 417 g/mol. The number of halogens is 6. The topological polar surface area (TPSA) is 0 Å². The molecule has 0 bridgehead atoms. The minimum Gasteiger partial charge on any atom is -0.109 e. The van der Waals surface area contributed by atoms with Gasteiger partial charge in [-0.25, -0.2) is 0 Å². The van der Waals surface area contributed by atoms with Crippen molar-refractivity contribution in [3.05, 3.63) is 0 Å². The molecule has 0 N–H and O–H groups in total. The summed E-state index contributed by atoms with van der Waals surface area (Å²) in [6.07, 6.45) is 0. The fourth-order valence-electron chi connectivity index (χ4n) is 0. The fourth-order valence-corrected chi connectivity index (χ4v) is 0. The second-order valence-electron chi connectivity index (χ2n) is 0.530. The number of rotatable bonds is 0. The summed E-state index contributed by atoms with van der Waals surface area (Å²) in [6, 6.07) is 0. The van der Waals surface area contributed by atoms with Crippen LogP contribution >= 0.6 is 86.9 Å². The number of hydrogen-bond acceptors (Lipinski definition) is 0. The van der Waals surface area contributed by atoms with Gasteiger partial charge in [-0.15, -0.1) is 23.2 Å². The first-order chi connectivity index (χ1) is 3.41. The molecular weight excluding hydrogens is 415 g/mol. The molecule has 52 valence electrons. The molecule has 0 spiro atoms. The van der Waals surface area contributed by atoms with Gasteiger partial charge >= 0.3 is 0 Å². The van der Waals surface area contributed by atoms with Gasteiger partial charge < -0.3 is 0 Å².